The summed E-state index contributed by atoms with van der Waals surface area (Å²) < 4.78 is 5.35. The van der Waals surface area contributed by atoms with Gasteiger partial charge in [-0.15, -0.1) is 6.42 Å². The van der Waals surface area contributed by atoms with Crippen molar-refractivity contribution in [3.05, 3.63) is 42.0 Å². The van der Waals surface area contributed by atoms with E-state index in [-0.39, 0.29) is 18.1 Å². The Labute approximate surface area is 144 Å². The molecule has 4 heteroatoms. The zero-order valence-electron chi connectivity index (χ0n) is 14.3. The Morgan fingerprint density at radius 3 is 2.75 bits per heavy atom. The van der Waals surface area contributed by atoms with Crippen LogP contribution >= 0.6 is 0 Å². The molecular formula is C20H24N2O2. The first-order valence-electron chi connectivity index (χ1n) is 8.48. The van der Waals surface area contributed by atoms with E-state index in [1.165, 1.54) is 0 Å². The Bertz CT molecular complexity index is 657. The van der Waals surface area contributed by atoms with E-state index in [0.717, 1.165) is 24.2 Å². The van der Waals surface area contributed by atoms with Crippen molar-refractivity contribution in [2.24, 2.45) is 5.92 Å². The van der Waals surface area contributed by atoms with Crippen molar-refractivity contribution in [2.75, 3.05) is 18.1 Å². The van der Waals surface area contributed by atoms with Gasteiger partial charge in [0.15, 0.2) is 0 Å². The number of nitrogens with zero attached hydrogens (tertiary/aromatic N) is 2. The summed E-state index contributed by atoms with van der Waals surface area (Å²) in [5, 5.41) is 0. The van der Waals surface area contributed by atoms with Gasteiger partial charge in [-0.3, -0.25) is 4.90 Å². The lowest BCUT2D eigenvalue weighted by Crippen LogP contribution is -2.37. The van der Waals surface area contributed by atoms with Crippen LogP contribution in [0.3, 0.4) is 0 Å². The van der Waals surface area contributed by atoms with Crippen LogP contribution in [0.5, 0.6) is 0 Å². The molecule has 24 heavy (non-hydrogen) atoms. The summed E-state index contributed by atoms with van der Waals surface area (Å²) in [6, 6.07) is 8.50. The molecule has 0 bridgehead atoms. The number of carbonyl (C=O) groups excluding carboxylic acids is 1. The topological polar surface area (TPSA) is 32.8 Å². The Kier molecular flexibility index (Phi) is 4.92. The molecule has 0 N–H and O–H groups in total. The predicted molar refractivity (Wildman–Crippen MR) is 95.7 cm³/mol. The van der Waals surface area contributed by atoms with E-state index in [1.807, 2.05) is 34.1 Å². The zero-order chi connectivity index (χ0) is 17.1. The first kappa shape index (κ1) is 16.6. The summed E-state index contributed by atoms with van der Waals surface area (Å²) in [5.74, 6) is 2.92. The second kappa shape index (κ2) is 7.11. The number of urea groups is 1. The molecule has 0 aromatic heterocycles. The molecule has 2 aliphatic rings. The van der Waals surface area contributed by atoms with Crippen molar-refractivity contribution in [2.45, 2.75) is 39.0 Å². The molecule has 1 fully saturated rings. The van der Waals surface area contributed by atoms with Gasteiger partial charge in [0.25, 0.3) is 0 Å². The maximum absolute atomic E-state index is 12.9. The van der Waals surface area contributed by atoms with Gasteiger partial charge in [-0.05, 0) is 30.0 Å². The third-order valence-corrected chi connectivity index (χ3v) is 4.49. The summed E-state index contributed by atoms with van der Waals surface area (Å²) in [7, 11) is 0. The number of carbonyl (C=O) groups is 1. The number of ether oxygens (including phenoxy) is 1. The predicted octanol–water partition coefficient (Wildman–Crippen LogP) is 3.43. The zero-order valence-corrected chi connectivity index (χ0v) is 14.3. The van der Waals surface area contributed by atoms with Gasteiger partial charge >= 0.3 is 6.03 Å². The Morgan fingerprint density at radius 2 is 2.08 bits per heavy atom. The third-order valence-electron chi connectivity index (χ3n) is 4.49. The number of anilines is 1. The van der Waals surface area contributed by atoms with E-state index in [4.69, 9.17) is 11.2 Å². The minimum Gasteiger partial charge on any atom is -0.364 e. The normalized spacial score (nSPS) is 22.3. The number of terminal acetylenes is 1. The quantitative estimate of drug-likeness (QED) is 0.456. The maximum atomic E-state index is 12.9. The molecule has 1 heterocycles. The molecule has 1 aromatic carbocycles. The van der Waals surface area contributed by atoms with Crippen LogP contribution in [-0.2, 0) is 11.3 Å². The number of benzene rings is 1. The molecule has 3 rings (SSSR count). The van der Waals surface area contributed by atoms with Gasteiger partial charge in [0.1, 0.15) is 6.61 Å². The van der Waals surface area contributed by atoms with Crippen LogP contribution in [0, 0.1) is 18.3 Å². The van der Waals surface area contributed by atoms with Crippen LogP contribution in [0.25, 0.3) is 0 Å². The fourth-order valence-electron chi connectivity index (χ4n) is 3.47. The first-order valence-corrected chi connectivity index (χ1v) is 8.48. The average molecular weight is 324 g/mol. The lowest BCUT2D eigenvalue weighted by atomic mass is 10.1. The van der Waals surface area contributed by atoms with E-state index in [0.29, 0.717) is 19.1 Å². The molecule has 0 radical (unpaired) electrons. The average Bonchev–Trinajstić information content (AvgIpc) is 3.11. The highest BCUT2D eigenvalue weighted by Gasteiger charge is 2.46. The standard InChI is InChI=1S/C20H24N2O2/c1-4-12-24-14-16-8-10-17(11-9-16)22-19-7-5-6-18(19)21(20(22)23)13-15(2)3/h1,5,7-11,15,18-19H,6,12-14H2,2-3H3. The second-order valence-corrected chi connectivity index (χ2v) is 6.78. The molecule has 2 amide bonds. The molecule has 0 saturated carbocycles. The lowest BCUT2D eigenvalue weighted by molar-refractivity contribution is 0.153. The maximum Gasteiger partial charge on any atom is 0.325 e. The van der Waals surface area contributed by atoms with Crippen molar-refractivity contribution < 1.29 is 9.53 Å². The summed E-state index contributed by atoms with van der Waals surface area (Å²) in [6.07, 6.45) is 10.5. The highest BCUT2D eigenvalue weighted by Crippen LogP contribution is 2.35. The molecule has 126 valence electrons. The van der Waals surface area contributed by atoms with E-state index >= 15 is 0 Å². The Hall–Kier alpha value is -2.25. The van der Waals surface area contributed by atoms with Crippen LogP contribution in [0.2, 0.25) is 0 Å². The second-order valence-electron chi connectivity index (χ2n) is 6.78. The molecule has 1 aliphatic carbocycles. The molecule has 2 unspecified atom stereocenters. The fraction of sp³-hybridized carbons (Fsp3) is 0.450. The Balaban J connectivity index is 1.77. The van der Waals surface area contributed by atoms with Gasteiger partial charge in [-0.25, -0.2) is 4.79 Å². The van der Waals surface area contributed by atoms with E-state index < -0.39 is 0 Å². The highest BCUT2D eigenvalue weighted by molar-refractivity contribution is 5.96. The van der Waals surface area contributed by atoms with E-state index in [9.17, 15) is 4.79 Å². The minimum absolute atomic E-state index is 0.111. The van der Waals surface area contributed by atoms with Crippen molar-refractivity contribution in [3.63, 3.8) is 0 Å². The van der Waals surface area contributed by atoms with Gasteiger partial charge in [0.05, 0.1) is 18.7 Å². The van der Waals surface area contributed by atoms with Crippen LogP contribution in [-0.4, -0.2) is 36.2 Å². The van der Waals surface area contributed by atoms with Gasteiger partial charge in [-0.2, -0.15) is 0 Å². The molecular weight excluding hydrogens is 300 g/mol. The van der Waals surface area contributed by atoms with Gasteiger partial charge in [0, 0.05) is 12.2 Å². The molecule has 4 nitrogen and oxygen atoms in total. The smallest absolute Gasteiger partial charge is 0.325 e. The first-order chi connectivity index (χ1) is 11.6. The fourth-order valence-corrected chi connectivity index (χ4v) is 3.47. The molecule has 1 aliphatic heterocycles. The van der Waals surface area contributed by atoms with E-state index in [1.54, 1.807) is 0 Å². The summed E-state index contributed by atoms with van der Waals surface area (Å²) >= 11 is 0. The van der Waals surface area contributed by atoms with Gasteiger partial charge in [-0.1, -0.05) is 44.1 Å². The van der Waals surface area contributed by atoms with E-state index in [2.05, 4.69) is 31.9 Å². The van der Waals surface area contributed by atoms with Crippen molar-refractivity contribution >= 4 is 11.7 Å². The van der Waals surface area contributed by atoms with Crippen molar-refractivity contribution in [3.8, 4) is 12.3 Å². The van der Waals surface area contributed by atoms with Gasteiger partial charge < -0.3 is 9.64 Å². The van der Waals surface area contributed by atoms with Crippen LogP contribution in [0.1, 0.15) is 25.8 Å². The molecule has 1 saturated heterocycles. The third kappa shape index (κ3) is 3.18. The summed E-state index contributed by atoms with van der Waals surface area (Å²) in [6.45, 7) is 5.90. The van der Waals surface area contributed by atoms with Gasteiger partial charge in [0.2, 0.25) is 0 Å². The summed E-state index contributed by atoms with van der Waals surface area (Å²) in [5.41, 5.74) is 1.99. The van der Waals surface area contributed by atoms with Crippen LogP contribution < -0.4 is 4.90 Å². The van der Waals surface area contributed by atoms with Crippen LogP contribution in [0.4, 0.5) is 10.5 Å². The molecule has 2 atom stereocenters. The largest absolute Gasteiger partial charge is 0.364 e. The number of hydrogen-bond acceptors (Lipinski definition) is 2. The van der Waals surface area contributed by atoms with Crippen molar-refractivity contribution in [1.29, 1.82) is 0 Å². The van der Waals surface area contributed by atoms with Crippen molar-refractivity contribution in [1.82, 2.24) is 4.90 Å². The number of rotatable bonds is 6. The highest BCUT2D eigenvalue weighted by atomic mass is 16.5. The number of hydrogen-bond donors (Lipinski definition) is 0. The lowest BCUT2D eigenvalue weighted by Gasteiger charge is -2.23. The Morgan fingerprint density at radius 1 is 1.33 bits per heavy atom. The van der Waals surface area contributed by atoms with Crippen LogP contribution in [0.15, 0.2) is 36.4 Å². The molecule has 0 spiro atoms. The monoisotopic (exact) mass is 324 g/mol. The molecule has 1 aromatic rings. The summed E-state index contributed by atoms with van der Waals surface area (Å²) in [4.78, 5) is 16.9. The SMILES string of the molecule is C#CCOCc1ccc(N2C(=O)N(CC(C)C)C3CC=CC32)cc1. The number of fused-ring (bicyclic) bond motifs is 1. The number of amides is 2. The minimum atomic E-state index is 0.111.